The number of nitrogens with zero attached hydrogens (tertiary/aromatic N) is 2. The number of fused-ring (bicyclic) bond motifs is 1. The van der Waals surface area contributed by atoms with E-state index < -0.39 is 0 Å². The van der Waals surface area contributed by atoms with Gasteiger partial charge in [-0.05, 0) is 24.0 Å². The fraction of sp³-hybridized carbons (Fsp3) is 0.429. The summed E-state index contributed by atoms with van der Waals surface area (Å²) in [6.45, 7) is 2.14. The lowest BCUT2D eigenvalue weighted by atomic mass is 10.1. The van der Waals surface area contributed by atoms with E-state index in [1.807, 2.05) is 0 Å². The Hall–Kier alpha value is -1.46. The number of hydrogen-bond acceptors (Lipinski definition) is 5. The highest BCUT2D eigenvalue weighted by atomic mass is 32.1. The highest BCUT2D eigenvalue weighted by Crippen LogP contribution is 2.33. The van der Waals surface area contributed by atoms with Crippen LogP contribution in [0, 0.1) is 0 Å². The van der Waals surface area contributed by atoms with Gasteiger partial charge < -0.3 is 11.1 Å². The van der Waals surface area contributed by atoms with Gasteiger partial charge in [0.15, 0.2) is 0 Å². The van der Waals surface area contributed by atoms with Crippen LogP contribution in [-0.2, 0) is 12.8 Å². The Bertz CT molecular complexity index is 566. The van der Waals surface area contributed by atoms with Gasteiger partial charge in [-0.1, -0.05) is 31.2 Å². The molecule has 5 heteroatoms. The van der Waals surface area contributed by atoms with Crippen molar-refractivity contribution in [2.45, 2.75) is 38.3 Å². The predicted molar refractivity (Wildman–Crippen MR) is 78.4 cm³/mol. The molecule has 2 atom stereocenters. The molecule has 1 heterocycles. The van der Waals surface area contributed by atoms with E-state index in [1.54, 1.807) is 0 Å². The number of aromatic nitrogens is 2. The van der Waals surface area contributed by atoms with Gasteiger partial charge in [-0.3, -0.25) is 0 Å². The average molecular weight is 274 g/mol. The van der Waals surface area contributed by atoms with Crippen molar-refractivity contribution in [3.63, 3.8) is 0 Å². The molecule has 2 unspecified atom stereocenters. The highest BCUT2D eigenvalue weighted by Gasteiger charge is 2.30. The first-order valence-corrected chi connectivity index (χ1v) is 7.47. The Morgan fingerprint density at radius 2 is 2.26 bits per heavy atom. The Labute approximate surface area is 117 Å². The van der Waals surface area contributed by atoms with E-state index in [4.69, 9.17) is 5.73 Å². The predicted octanol–water partition coefficient (Wildman–Crippen LogP) is 2.53. The summed E-state index contributed by atoms with van der Waals surface area (Å²) in [5, 5.41) is 4.32. The standard InChI is InChI=1S/C14H18N4S/c1-2-5-12-16-14(19-18-12)17-13-10-7-4-3-6-9(10)8-11(13)15/h3-4,6-7,11,13H,2,5,8,15H2,1H3,(H,16,17,18). The molecular weight excluding hydrogens is 256 g/mol. The van der Waals surface area contributed by atoms with Crippen LogP contribution in [0.25, 0.3) is 0 Å². The summed E-state index contributed by atoms with van der Waals surface area (Å²) in [6, 6.07) is 8.69. The number of anilines is 1. The van der Waals surface area contributed by atoms with Crippen LogP contribution in [0.5, 0.6) is 0 Å². The third-order valence-electron chi connectivity index (χ3n) is 3.49. The lowest BCUT2D eigenvalue weighted by molar-refractivity contribution is 0.625. The second-order valence-corrected chi connectivity index (χ2v) is 5.71. The van der Waals surface area contributed by atoms with Crippen LogP contribution < -0.4 is 11.1 Å². The minimum atomic E-state index is 0.107. The number of nitrogens with one attached hydrogen (secondary N) is 1. The van der Waals surface area contributed by atoms with Gasteiger partial charge in [0.05, 0.1) is 6.04 Å². The summed E-state index contributed by atoms with van der Waals surface area (Å²) in [7, 11) is 0. The van der Waals surface area contributed by atoms with Crippen molar-refractivity contribution in [3.8, 4) is 0 Å². The largest absolute Gasteiger partial charge is 0.352 e. The summed E-state index contributed by atoms with van der Waals surface area (Å²) in [5.41, 5.74) is 8.87. The van der Waals surface area contributed by atoms with Gasteiger partial charge in [0.25, 0.3) is 0 Å². The van der Waals surface area contributed by atoms with E-state index >= 15 is 0 Å². The van der Waals surface area contributed by atoms with E-state index in [1.165, 1.54) is 22.7 Å². The average Bonchev–Trinajstić information content (AvgIpc) is 2.96. The van der Waals surface area contributed by atoms with E-state index in [9.17, 15) is 0 Å². The molecule has 100 valence electrons. The summed E-state index contributed by atoms with van der Waals surface area (Å²) in [5.74, 6) is 0.926. The van der Waals surface area contributed by atoms with Crippen LogP contribution in [0.1, 0.15) is 36.3 Å². The molecule has 3 N–H and O–H groups in total. The maximum absolute atomic E-state index is 6.24. The first kappa shape index (κ1) is 12.6. The number of aryl methyl sites for hydroxylation is 1. The second kappa shape index (κ2) is 5.27. The van der Waals surface area contributed by atoms with Crippen LogP contribution in [0.3, 0.4) is 0 Å². The first-order valence-electron chi connectivity index (χ1n) is 6.70. The molecule has 0 fully saturated rings. The van der Waals surface area contributed by atoms with Gasteiger partial charge in [0, 0.05) is 24.0 Å². The third-order valence-corrected chi connectivity index (χ3v) is 4.18. The van der Waals surface area contributed by atoms with Crippen molar-refractivity contribution >= 4 is 16.7 Å². The van der Waals surface area contributed by atoms with Gasteiger partial charge in [-0.15, -0.1) is 0 Å². The summed E-state index contributed by atoms with van der Waals surface area (Å²) >= 11 is 1.43. The van der Waals surface area contributed by atoms with Crippen molar-refractivity contribution in [1.82, 2.24) is 9.36 Å². The summed E-state index contributed by atoms with van der Waals surface area (Å²) < 4.78 is 4.36. The maximum Gasteiger partial charge on any atom is 0.203 e. The minimum Gasteiger partial charge on any atom is -0.352 e. The normalized spacial score (nSPS) is 21.4. The van der Waals surface area contributed by atoms with Crippen molar-refractivity contribution in [2.75, 3.05) is 5.32 Å². The molecule has 19 heavy (non-hydrogen) atoms. The monoisotopic (exact) mass is 274 g/mol. The van der Waals surface area contributed by atoms with Crippen molar-refractivity contribution in [1.29, 1.82) is 0 Å². The van der Waals surface area contributed by atoms with Gasteiger partial charge >= 0.3 is 0 Å². The number of hydrogen-bond donors (Lipinski definition) is 2. The van der Waals surface area contributed by atoms with Crippen LogP contribution in [0.2, 0.25) is 0 Å². The number of nitrogens with two attached hydrogens (primary N) is 1. The molecule has 0 saturated carbocycles. The van der Waals surface area contributed by atoms with Crippen molar-refractivity contribution < 1.29 is 0 Å². The molecule has 0 saturated heterocycles. The van der Waals surface area contributed by atoms with Gasteiger partial charge in [-0.25, -0.2) is 4.98 Å². The van der Waals surface area contributed by atoms with Crippen molar-refractivity contribution in [2.24, 2.45) is 5.73 Å². The Balaban J connectivity index is 1.79. The topological polar surface area (TPSA) is 63.8 Å². The molecule has 1 aliphatic rings. The van der Waals surface area contributed by atoms with Crippen LogP contribution in [0.15, 0.2) is 24.3 Å². The molecule has 0 amide bonds. The summed E-state index contributed by atoms with van der Waals surface area (Å²) in [6.07, 6.45) is 2.93. The molecule has 3 rings (SSSR count). The van der Waals surface area contributed by atoms with E-state index in [0.717, 1.165) is 30.2 Å². The molecule has 1 aliphatic carbocycles. The minimum absolute atomic E-state index is 0.107. The van der Waals surface area contributed by atoms with Gasteiger partial charge in [0.1, 0.15) is 5.82 Å². The molecule has 1 aromatic carbocycles. The number of rotatable bonds is 4. The summed E-state index contributed by atoms with van der Waals surface area (Å²) in [4.78, 5) is 4.51. The fourth-order valence-electron chi connectivity index (χ4n) is 2.58. The van der Waals surface area contributed by atoms with Gasteiger partial charge in [0.2, 0.25) is 5.13 Å². The molecule has 0 aliphatic heterocycles. The lowest BCUT2D eigenvalue weighted by Crippen LogP contribution is -2.29. The third kappa shape index (κ3) is 2.48. The van der Waals surface area contributed by atoms with Crippen molar-refractivity contribution in [3.05, 3.63) is 41.2 Å². The Kier molecular flexibility index (Phi) is 3.48. The maximum atomic E-state index is 6.24. The zero-order chi connectivity index (χ0) is 13.2. The molecule has 4 nitrogen and oxygen atoms in total. The van der Waals surface area contributed by atoms with Gasteiger partial charge in [-0.2, -0.15) is 4.37 Å². The molecule has 0 bridgehead atoms. The van der Waals surface area contributed by atoms with Crippen LogP contribution >= 0.6 is 11.5 Å². The second-order valence-electron chi connectivity index (χ2n) is 4.95. The van der Waals surface area contributed by atoms with E-state index in [-0.39, 0.29) is 12.1 Å². The lowest BCUT2D eigenvalue weighted by Gasteiger charge is -2.17. The highest BCUT2D eigenvalue weighted by molar-refractivity contribution is 7.09. The molecule has 1 aromatic heterocycles. The zero-order valence-corrected chi connectivity index (χ0v) is 11.8. The Morgan fingerprint density at radius 1 is 1.42 bits per heavy atom. The fourth-order valence-corrected chi connectivity index (χ4v) is 3.23. The van der Waals surface area contributed by atoms with Crippen LogP contribution in [-0.4, -0.2) is 15.4 Å². The molecule has 0 radical (unpaired) electrons. The molecule has 2 aromatic rings. The molecular formula is C14H18N4S. The zero-order valence-electron chi connectivity index (χ0n) is 11.0. The quantitative estimate of drug-likeness (QED) is 0.899. The van der Waals surface area contributed by atoms with E-state index in [2.05, 4.69) is 45.9 Å². The molecule has 0 spiro atoms. The number of benzene rings is 1. The first-order chi connectivity index (χ1) is 9.28. The van der Waals surface area contributed by atoms with Crippen LogP contribution in [0.4, 0.5) is 5.13 Å². The Morgan fingerprint density at radius 3 is 3.11 bits per heavy atom. The smallest absolute Gasteiger partial charge is 0.203 e. The van der Waals surface area contributed by atoms with E-state index in [0.29, 0.717) is 0 Å². The SMILES string of the molecule is CCCc1nsc(NC2c3ccccc3CC2N)n1.